The maximum atomic E-state index is 13.2. The molecule has 0 aliphatic heterocycles. The van der Waals surface area contributed by atoms with Crippen molar-refractivity contribution in [2.75, 3.05) is 39.6 Å². The summed E-state index contributed by atoms with van der Waals surface area (Å²) in [5.74, 6) is 0.400. The summed E-state index contributed by atoms with van der Waals surface area (Å²) in [7, 11) is -9.94. The molecule has 0 radical (unpaired) electrons. The van der Waals surface area contributed by atoms with Gasteiger partial charge >= 0.3 is 39.5 Å². The van der Waals surface area contributed by atoms with Gasteiger partial charge in [0.1, 0.15) is 19.3 Å². The number of ether oxygens (including phenoxy) is 4. The summed E-state index contributed by atoms with van der Waals surface area (Å²) in [5.41, 5.74) is 0. The first kappa shape index (κ1) is 108. The number of carbonyl (C=O) groups is 4. The van der Waals surface area contributed by atoms with Gasteiger partial charge in [0.2, 0.25) is 0 Å². The predicted octanol–water partition coefficient (Wildman–Crippen LogP) is 28.0. The molecule has 110 heavy (non-hydrogen) atoms. The molecule has 5 unspecified atom stereocenters. The second-order valence-corrected chi connectivity index (χ2v) is 36.3. The minimum absolute atomic E-state index is 0.108. The first-order chi connectivity index (χ1) is 53.3. The van der Waals surface area contributed by atoms with Crippen LogP contribution in [0.1, 0.15) is 485 Å². The lowest BCUT2D eigenvalue weighted by Crippen LogP contribution is -2.30. The molecule has 0 aromatic carbocycles. The van der Waals surface area contributed by atoms with E-state index in [0.717, 1.165) is 108 Å². The number of aliphatic hydroxyl groups is 1. The van der Waals surface area contributed by atoms with Crippen LogP contribution in [-0.2, 0) is 65.4 Å². The third-order valence-corrected chi connectivity index (χ3v) is 24.4. The molecule has 654 valence electrons. The molecular weight excluding hydrogens is 1430 g/mol. The van der Waals surface area contributed by atoms with E-state index in [4.69, 9.17) is 37.0 Å². The van der Waals surface area contributed by atoms with Crippen molar-refractivity contribution >= 4 is 39.5 Å². The fourth-order valence-electron chi connectivity index (χ4n) is 14.2. The summed E-state index contributed by atoms with van der Waals surface area (Å²) in [6, 6.07) is 0. The lowest BCUT2D eigenvalue weighted by atomic mass is 9.99. The van der Waals surface area contributed by atoms with Crippen LogP contribution in [0.3, 0.4) is 0 Å². The first-order valence-corrected chi connectivity index (χ1v) is 50.0. The van der Waals surface area contributed by atoms with Gasteiger partial charge in [0, 0.05) is 25.7 Å². The Morgan fingerprint density at radius 3 is 0.645 bits per heavy atom. The van der Waals surface area contributed by atoms with Gasteiger partial charge in [-0.15, -0.1) is 0 Å². The molecule has 3 N–H and O–H groups in total. The normalized spacial score (nSPS) is 14.5. The Morgan fingerprint density at radius 2 is 0.436 bits per heavy atom. The minimum atomic E-state index is -4.97. The number of hydrogen-bond acceptors (Lipinski definition) is 15. The lowest BCUT2D eigenvalue weighted by molar-refractivity contribution is -0.161. The molecule has 0 aliphatic rings. The van der Waals surface area contributed by atoms with E-state index < -0.39 is 97.5 Å². The summed E-state index contributed by atoms with van der Waals surface area (Å²) in [4.78, 5) is 73.4. The molecule has 0 amide bonds. The van der Waals surface area contributed by atoms with Crippen LogP contribution in [0.5, 0.6) is 0 Å². The third-order valence-electron chi connectivity index (χ3n) is 22.5. The van der Waals surface area contributed by atoms with E-state index >= 15 is 0 Å². The summed E-state index contributed by atoms with van der Waals surface area (Å²) in [6.45, 7) is 12.1. The number of phosphoric acid groups is 2. The van der Waals surface area contributed by atoms with Gasteiger partial charge in [-0.2, -0.15) is 0 Å². The molecular formula is C91H178O17P2. The molecule has 0 heterocycles. The summed E-state index contributed by atoms with van der Waals surface area (Å²) in [5, 5.41) is 10.7. The van der Waals surface area contributed by atoms with Crippen molar-refractivity contribution in [2.24, 2.45) is 17.8 Å². The molecule has 0 aromatic heterocycles. The Morgan fingerprint density at radius 1 is 0.255 bits per heavy atom. The standard InChI is InChI=1S/C91H178O17P2/c1-8-12-13-14-15-16-17-18-19-20-24-27-34-39-44-53-60-67-75-91(96)108-87(79-102-89(94)73-66-59-52-47-46-50-57-64-71-84(7)11-4)81-106-110(99,100)104-77-85(92)76-103-109(97,98)105-80-86(78-101-88(93)72-65-58-51-43-38-33-30-29-32-37-42-49-56-63-70-83(6)10-3)107-90(95)74-68-61-54-45-40-35-28-25-22-21-23-26-31-36-41-48-55-62-69-82(5)9-2/h82-87,92H,8-81H2,1-7H3,(H,97,98)(H,99,100)/t82?,83?,84?,85-,86-,87-/m1/s1. The van der Waals surface area contributed by atoms with Crippen molar-refractivity contribution in [3.63, 3.8) is 0 Å². The van der Waals surface area contributed by atoms with Crippen molar-refractivity contribution < 1.29 is 80.2 Å². The number of hydrogen-bond donors (Lipinski definition) is 3. The maximum absolute atomic E-state index is 13.2. The van der Waals surface area contributed by atoms with E-state index in [0.29, 0.717) is 25.7 Å². The molecule has 0 aliphatic carbocycles. The maximum Gasteiger partial charge on any atom is 0.472 e. The SMILES string of the molecule is CCCCCCCCCCCCCCCCCCCCC(=O)O[C@H](COC(=O)CCCCCCCCCCC(C)CC)COP(=O)(O)OC[C@H](O)COP(=O)(O)OC[C@@H](COC(=O)CCCCCCCCCCCCCCCCC(C)CC)OC(=O)CCCCCCCCCCCCCCCCCCCCC(C)CC. The number of aliphatic hydroxyl groups excluding tert-OH is 1. The van der Waals surface area contributed by atoms with Gasteiger partial charge in [0.15, 0.2) is 12.2 Å². The van der Waals surface area contributed by atoms with Crippen LogP contribution in [-0.4, -0.2) is 96.7 Å². The first-order valence-electron chi connectivity index (χ1n) is 47.0. The Balaban J connectivity index is 5.26. The smallest absolute Gasteiger partial charge is 0.462 e. The van der Waals surface area contributed by atoms with Gasteiger partial charge in [-0.1, -0.05) is 434 Å². The fraction of sp³-hybridized carbons (Fsp3) is 0.956. The molecule has 0 saturated heterocycles. The summed E-state index contributed by atoms with van der Waals surface area (Å²) < 4.78 is 69.1. The fourth-order valence-corrected chi connectivity index (χ4v) is 15.7. The average molecular weight is 1610 g/mol. The molecule has 0 spiro atoms. The van der Waals surface area contributed by atoms with E-state index in [-0.39, 0.29) is 25.7 Å². The van der Waals surface area contributed by atoms with Crippen molar-refractivity contribution in [1.82, 2.24) is 0 Å². The molecule has 17 nitrogen and oxygen atoms in total. The number of rotatable bonds is 89. The highest BCUT2D eigenvalue weighted by Gasteiger charge is 2.31. The number of unbranched alkanes of at least 4 members (excludes halogenated alkanes) is 54. The molecule has 19 heteroatoms. The molecule has 8 atom stereocenters. The number of phosphoric ester groups is 2. The highest BCUT2D eigenvalue weighted by molar-refractivity contribution is 7.47. The van der Waals surface area contributed by atoms with Crippen molar-refractivity contribution in [3.05, 3.63) is 0 Å². The van der Waals surface area contributed by atoms with Crippen LogP contribution in [0.15, 0.2) is 0 Å². The zero-order chi connectivity index (χ0) is 80.8. The second kappa shape index (κ2) is 80.8. The van der Waals surface area contributed by atoms with Gasteiger partial charge in [0.05, 0.1) is 26.4 Å². The second-order valence-electron chi connectivity index (χ2n) is 33.4. The quantitative estimate of drug-likeness (QED) is 0.0222. The van der Waals surface area contributed by atoms with E-state index in [1.54, 1.807) is 0 Å². The monoisotopic (exact) mass is 1610 g/mol. The number of esters is 4. The van der Waals surface area contributed by atoms with E-state index in [1.807, 2.05) is 0 Å². The zero-order valence-electron chi connectivity index (χ0n) is 72.7. The van der Waals surface area contributed by atoms with Crippen LogP contribution in [0.25, 0.3) is 0 Å². The highest BCUT2D eigenvalue weighted by atomic mass is 31.2. The lowest BCUT2D eigenvalue weighted by Gasteiger charge is -2.21. The van der Waals surface area contributed by atoms with Crippen LogP contribution in [0.2, 0.25) is 0 Å². The van der Waals surface area contributed by atoms with Crippen LogP contribution < -0.4 is 0 Å². The van der Waals surface area contributed by atoms with Gasteiger partial charge in [-0.25, -0.2) is 9.13 Å². The van der Waals surface area contributed by atoms with Crippen LogP contribution >= 0.6 is 15.6 Å². The molecule has 0 fully saturated rings. The Hall–Kier alpha value is -1.94. The summed E-state index contributed by atoms with van der Waals surface area (Å²) >= 11 is 0. The molecule has 0 rings (SSSR count). The Labute approximate surface area is 677 Å². The highest BCUT2D eigenvalue weighted by Crippen LogP contribution is 2.45. The van der Waals surface area contributed by atoms with Crippen molar-refractivity contribution in [1.29, 1.82) is 0 Å². The largest absolute Gasteiger partial charge is 0.472 e. The van der Waals surface area contributed by atoms with Crippen molar-refractivity contribution in [2.45, 2.75) is 503 Å². The predicted molar refractivity (Wildman–Crippen MR) is 455 cm³/mol. The average Bonchev–Trinajstić information content (AvgIpc) is 0.898. The Bertz CT molecular complexity index is 2120. The van der Waals surface area contributed by atoms with Gasteiger partial charge in [-0.3, -0.25) is 37.3 Å². The van der Waals surface area contributed by atoms with Crippen LogP contribution in [0.4, 0.5) is 0 Å². The molecule has 0 bridgehead atoms. The van der Waals surface area contributed by atoms with Gasteiger partial charge in [-0.05, 0) is 43.4 Å². The molecule has 0 aromatic rings. The van der Waals surface area contributed by atoms with E-state index in [2.05, 4.69) is 48.5 Å². The Kier molecular flexibility index (Phi) is 79.4. The van der Waals surface area contributed by atoms with Gasteiger partial charge < -0.3 is 33.8 Å². The van der Waals surface area contributed by atoms with E-state index in [1.165, 1.54) is 295 Å². The van der Waals surface area contributed by atoms with Crippen molar-refractivity contribution in [3.8, 4) is 0 Å². The minimum Gasteiger partial charge on any atom is -0.462 e. The topological polar surface area (TPSA) is 237 Å². The summed E-state index contributed by atoms with van der Waals surface area (Å²) in [6.07, 6.45) is 73.4. The number of carbonyl (C=O) groups excluding carboxylic acids is 4. The zero-order valence-corrected chi connectivity index (χ0v) is 74.5. The van der Waals surface area contributed by atoms with E-state index in [9.17, 15) is 43.2 Å². The third kappa shape index (κ3) is 79.9. The van der Waals surface area contributed by atoms with Crippen LogP contribution in [0, 0.1) is 17.8 Å². The molecule has 0 saturated carbocycles. The van der Waals surface area contributed by atoms with Gasteiger partial charge in [0.25, 0.3) is 0 Å².